The van der Waals surface area contributed by atoms with Crippen LogP contribution in [0.1, 0.15) is 17.2 Å². The van der Waals surface area contributed by atoms with Gasteiger partial charge in [-0.25, -0.2) is 4.39 Å². The van der Waals surface area contributed by atoms with Gasteiger partial charge in [-0.05, 0) is 41.8 Å². The largest absolute Gasteiger partial charge is 0.271 e. The van der Waals surface area contributed by atoms with E-state index in [9.17, 15) is 4.39 Å². The Kier molecular flexibility index (Phi) is 4.93. The molecule has 0 aliphatic rings. The number of hydrogen-bond donors (Lipinski definition) is 2. The molecule has 0 fully saturated rings. The Morgan fingerprint density at radius 1 is 1.26 bits per heavy atom. The number of hydrazine groups is 1. The molecule has 3 N–H and O–H groups in total. The highest BCUT2D eigenvalue weighted by Crippen LogP contribution is 2.23. The van der Waals surface area contributed by atoms with Gasteiger partial charge in [-0.1, -0.05) is 45.7 Å². The zero-order valence-electron chi connectivity index (χ0n) is 10.0. The molecule has 100 valence electrons. The molecule has 2 aromatic carbocycles. The van der Waals surface area contributed by atoms with Gasteiger partial charge in [0.2, 0.25) is 0 Å². The summed E-state index contributed by atoms with van der Waals surface area (Å²) in [5.74, 6) is 5.25. The van der Waals surface area contributed by atoms with Gasteiger partial charge in [0.1, 0.15) is 5.82 Å². The highest BCUT2D eigenvalue weighted by Gasteiger charge is 2.13. The summed E-state index contributed by atoms with van der Waals surface area (Å²) in [6, 6.07) is 12.3. The van der Waals surface area contributed by atoms with Gasteiger partial charge >= 0.3 is 0 Å². The molecule has 0 saturated heterocycles. The van der Waals surface area contributed by atoms with Gasteiger partial charge in [0.05, 0.1) is 6.04 Å². The summed E-state index contributed by atoms with van der Waals surface area (Å²) in [6.45, 7) is 0. The fraction of sp³-hybridized carbons (Fsp3) is 0.143. The smallest absolute Gasteiger partial charge is 0.127 e. The minimum absolute atomic E-state index is 0.159. The average molecular weight is 344 g/mol. The molecule has 0 bridgehead atoms. The van der Waals surface area contributed by atoms with E-state index in [1.807, 2.05) is 24.3 Å². The topological polar surface area (TPSA) is 38.0 Å². The molecule has 0 radical (unpaired) electrons. The lowest BCUT2D eigenvalue weighted by Gasteiger charge is -2.17. The van der Waals surface area contributed by atoms with Crippen LogP contribution in [-0.4, -0.2) is 0 Å². The number of hydrogen-bond acceptors (Lipinski definition) is 2. The summed E-state index contributed by atoms with van der Waals surface area (Å²) < 4.78 is 14.7. The number of nitrogens with one attached hydrogen (secondary N) is 1. The Morgan fingerprint density at radius 3 is 2.68 bits per heavy atom. The fourth-order valence-electron chi connectivity index (χ4n) is 1.90. The van der Waals surface area contributed by atoms with E-state index in [0.717, 1.165) is 10.0 Å². The molecule has 0 spiro atoms. The fourth-order valence-corrected chi connectivity index (χ4v) is 2.48. The molecule has 1 atom stereocenters. The van der Waals surface area contributed by atoms with Gasteiger partial charge in [0, 0.05) is 9.50 Å². The summed E-state index contributed by atoms with van der Waals surface area (Å²) >= 11 is 9.15. The molecule has 0 amide bonds. The average Bonchev–Trinajstić information content (AvgIpc) is 2.38. The molecule has 1 unspecified atom stereocenters. The van der Waals surface area contributed by atoms with Crippen molar-refractivity contribution in [3.63, 3.8) is 0 Å². The predicted octanol–water partition coefficient (Wildman–Crippen LogP) is 3.99. The number of nitrogens with two attached hydrogens (primary N) is 1. The molecule has 19 heavy (non-hydrogen) atoms. The Bertz CT molecular complexity index is 577. The minimum atomic E-state index is -0.317. The Balaban J connectivity index is 2.24. The van der Waals surface area contributed by atoms with Crippen molar-refractivity contribution in [3.05, 3.63) is 68.9 Å². The van der Waals surface area contributed by atoms with E-state index in [1.165, 1.54) is 6.07 Å². The van der Waals surface area contributed by atoms with Crippen LogP contribution < -0.4 is 11.3 Å². The molecule has 0 aromatic heterocycles. The van der Waals surface area contributed by atoms with Crippen LogP contribution in [0.25, 0.3) is 0 Å². The summed E-state index contributed by atoms with van der Waals surface area (Å²) in [5, 5.41) is 0.390. The summed E-state index contributed by atoms with van der Waals surface area (Å²) in [5.41, 5.74) is 4.28. The molecular formula is C14H13BrClFN2. The van der Waals surface area contributed by atoms with Crippen LogP contribution in [0.4, 0.5) is 4.39 Å². The Hall–Kier alpha value is -0.940. The maximum Gasteiger partial charge on any atom is 0.127 e. The summed E-state index contributed by atoms with van der Waals surface area (Å²) in [7, 11) is 0. The van der Waals surface area contributed by atoms with Crippen LogP contribution in [0.5, 0.6) is 0 Å². The zero-order valence-corrected chi connectivity index (χ0v) is 12.4. The van der Waals surface area contributed by atoms with E-state index in [1.54, 1.807) is 12.1 Å². The Labute approximate surface area is 124 Å². The highest BCUT2D eigenvalue weighted by atomic mass is 79.9. The number of rotatable bonds is 4. The van der Waals surface area contributed by atoms with Crippen molar-refractivity contribution < 1.29 is 4.39 Å². The van der Waals surface area contributed by atoms with Crippen molar-refractivity contribution in [2.75, 3.05) is 0 Å². The first kappa shape index (κ1) is 14.5. The second-order valence-corrected chi connectivity index (χ2v) is 5.57. The molecular weight excluding hydrogens is 331 g/mol. The normalized spacial score (nSPS) is 12.4. The third-order valence-corrected chi connectivity index (χ3v) is 3.62. The number of halogens is 3. The SMILES string of the molecule is NNC(Cc1ccc(Cl)cc1F)c1cccc(Br)c1. The molecule has 0 aliphatic heterocycles. The second kappa shape index (κ2) is 6.48. The van der Waals surface area contributed by atoms with Crippen molar-refractivity contribution in [3.8, 4) is 0 Å². The van der Waals surface area contributed by atoms with E-state index in [4.69, 9.17) is 17.4 Å². The van der Waals surface area contributed by atoms with Gasteiger partial charge in [-0.2, -0.15) is 0 Å². The van der Waals surface area contributed by atoms with E-state index in [2.05, 4.69) is 21.4 Å². The van der Waals surface area contributed by atoms with Gasteiger partial charge in [0.15, 0.2) is 0 Å². The van der Waals surface area contributed by atoms with Crippen LogP contribution >= 0.6 is 27.5 Å². The van der Waals surface area contributed by atoms with Gasteiger partial charge in [-0.3, -0.25) is 11.3 Å². The van der Waals surface area contributed by atoms with E-state index < -0.39 is 0 Å². The predicted molar refractivity (Wildman–Crippen MR) is 79.3 cm³/mol. The van der Waals surface area contributed by atoms with Crippen LogP contribution in [0.2, 0.25) is 5.02 Å². The monoisotopic (exact) mass is 342 g/mol. The zero-order chi connectivity index (χ0) is 13.8. The molecule has 0 aliphatic carbocycles. The van der Waals surface area contributed by atoms with Gasteiger partial charge in [-0.15, -0.1) is 0 Å². The van der Waals surface area contributed by atoms with E-state index in [0.29, 0.717) is 17.0 Å². The Morgan fingerprint density at radius 2 is 2.05 bits per heavy atom. The first-order valence-corrected chi connectivity index (χ1v) is 6.93. The van der Waals surface area contributed by atoms with Crippen molar-refractivity contribution in [1.29, 1.82) is 0 Å². The second-order valence-electron chi connectivity index (χ2n) is 4.21. The molecule has 0 saturated carbocycles. The lowest BCUT2D eigenvalue weighted by Crippen LogP contribution is -2.29. The summed E-state index contributed by atoms with van der Waals surface area (Å²) in [4.78, 5) is 0. The third-order valence-electron chi connectivity index (χ3n) is 2.89. The highest BCUT2D eigenvalue weighted by molar-refractivity contribution is 9.10. The lowest BCUT2D eigenvalue weighted by atomic mass is 9.99. The maximum absolute atomic E-state index is 13.8. The van der Waals surface area contributed by atoms with Crippen LogP contribution in [0.15, 0.2) is 46.9 Å². The lowest BCUT2D eigenvalue weighted by molar-refractivity contribution is 0.529. The van der Waals surface area contributed by atoms with Crippen molar-refractivity contribution in [1.82, 2.24) is 5.43 Å². The molecule has 2 rings (SSSR count). The molecule has 2 nitrogen and oxygen atoms in total. The van der Waals surface area contributed by atoms with Crippen molar-refractivity contribution >= 4 is 27.5 Å². The van der Waals surface area contributed by atoms with Crippen LogP contribution in [0, 0.1) is 5.82 Å². The van der Waals surface area contributed by atoms with Crippen LogP contribution in [-0.2, 0) is 6.42 Å². The van der Waals surface area contributed by atoms with Crippen LogP contribution in [0.3, 0.4) is 0 Å². The molecule has 2 aromatic rings. The molecule has 0 heterocycles. The van der Waals surface area contributed by atoms with Crippen molar-refractivity contribution in [2.24, 2.45) is 5.84 Å². The number of benzene rings is 2. The van der Waals surface area contributed by atoms with E-state index >= 15 is 0 Å². The first-order valence-electron chi connectivity index (χ1n) is 5.75. The summed E-state index contributed by atoms with van der Waals surface area (Å²) in [6.07, 6.45) is 0.454. The maximum atomic E-state index is 13.8. The first-order chi connectivity index (χ1) is 9.10. The minimum Gasteiger partial charge on any atom is -0.271 e. The standard InChI is InChI=1S/C14H13BrClFN2/c15-11-3-1-2-10(6-11)14(19-18)7-9-4-5-12(16)8-13(9)17/h1-6,8,14,19H,7,18H2. The molecule has 5 heteroatoms. The quantitative estimate of drug-likeness (QED) is 0.651. The van der Waals surface area contributed by atoms with E-state index in [-0.39, 0.29) is 11.9 Å². The third kappa shape index (κ3) is 3.76. The van der Waals surface area contributed by atoms with Gasteiger partial charge in [0.25, 0.3) is 0 Å². The van der Waals surface area contributed by atoms with Crippen molar-refractivity contribution in [2.45, 2.75) is 12.5 Å². The van der Waals surface area contributed by atoms with Gasteiger partial charge < -0.3 is 0 Å².